The van der Waals surface area contributed by atoms with Gasteiger partial charge in [0.25, 0.3) is 5.89 Å². The number of methoxy groups -OCH3 is 2. The Bertz CT molecular complexity index is 999. The Morgan fingerprint density at radius 2 is 1.90 bits per heavy atom. The van der Waals surface area contributed by atoms with Crippen molar-refractivity contribution in [3.63, 3.8) is 0 Å². The third-order valence-electron chi connectivity index (χ3n) is 4.09. The summed E-state index contributed by atoms with van der Waals surface area (Å²) in [6.45, 7) is 4.50. The molecule has 158 valence electrons. The highest BCUT2D eigenvalue weighted by atomic mass is 16.6. The van der Waals surface area contributed by atoms with Crippen LogP contribution in [0.25, 0.3) is 11.4 Å². The molecular weight excluding hydrogens is 388 g/mol. The van der Waals surface area contributed by atoms with Crippen molar-refractivity contribution in [1.29, 1.82) is 0 Å². The zero-order valence-corrected chi connectivity index (χ0v) is 17.4. The minimum absolute atomic E-state index is 0.149. The zero-order chi connectivity index (χ0) is 21.5. The first-order valence-electron chi connectivity index (χ1n) is 9.45. The third-order valence-corrected chi connectivity index (χ3v) is 4.09. The lowest BCUT2D eigenvalue weighted by atomic mass is 10.2. The molecule has 0 spiro atoms. The molecule has 3 aromatic rings. The first kappa shape index (κ1) is 21.2. The summed E-state index contributed by atoms with van der Waals surface area (Å²) in [5, 5.41) is 3.92. The van der Waals surface area contributed by atoms with Gasteiger partial charge in [-0.2, -0.15) is 4.98 Å². The summed E-state index contributed by atoms with van der Waals surface area (Å²) >= 11 is 0. The largest absolute Gasteiger partial charge is 0.497 e. The van der Waals surface area contributed by atoms with E-state index in [2.05, 4.69) is 24.0 Å². The highest BCUT2D eigenvalue weighted by Gasteiger charge is 2.15. The van der Waals surface area contributed by atoms with E-state index in [1.807, 2.05) is 18.2 Å². The molecular formula is C22H24N2O6. The number of ether oxygens (including phenoxy) is 4. The Balaban J connectivity index is 1.63. The van der Waals surface area contributed by atoms with Gasteiger partial charge in [-0.25, -0.2) is 4.79 Å². The molecule has 0 fully saturated rings. The molecule has 0 aliphatic rings. The number of carbonyl (C=O) groups is 1. The third kappa shape index (κ3) is 5.28. The van der Waals surface area contributed by atoms with Crippen molar-refractivity contribution in [3.05, 3.63) is 53.9 Å². The van der Waals surface area contributed by atoms with Crippen molar-refractivity contribution >= 4 is 5.97 Å². The van der Waals surface area contributed by atoms with Gasteiger partial charge in [0.15, 0.2) is 18.1 Å². The lowest BCUT2D eigenvalue weighted by Crippen LogP contribution is -2.08. The molecule has 1 aromatic heterocycles. The van der Waals surface area contributed by atoms with E-state index in [1.54, 1.807) is 31.4 Å². The predicted molar refractivity (Wildman–Crippen MR) is 109 cm³/mol. The second-order valence-corrected chi connectivity index (χ2v) is 6.89. The Kier molecular flexibility index (Phi) is 6.90. The van der Waals surface area contributed by atoms with Crippen molar-refractivity contribution in [3.8, 4) is 28.6 Å². The first-order chi connectivity index (χ1) is 14.5. The number of hydrogen-bond acceptors (Lipinski definition) is 8. The Labute approximate surface area is 174 Å². The van der Waals surface area contributed by atoms with Crippen LogP contribution in [0.2, 0.25) is 0 Å². The lowest BCUT2D eigenvalue weighted by molar-refractivity contribution is 0.0429. The smallest absolute Gasteiger partial charge is 0.338 e. The number of aromatic nitrogens is 2. The van der Waals surface area contributed by atoms with Crippen molar-refractivity contribution in [2.45, 2.75) is 20.5 Å². The van der Waals surface area contributed by atoms with E-state index < -0.39 is 5.97 Å². The summed E-state index contributed by atoms with van der Waals surface area (Å²) in [7, 11) is 3.10. The molecule has 0 aliphatic heterocycles. The quantitative estimate of drug-likeness (QED) is 0.484. The summed E-state index contributed by atoms with van der Waals surface area (Å²) in [6, 6.07) is 12.1. The van der Waals surface area contributed by atoms with Gasteiger partial charge >= 0.3 is 5.97 Å². The fourth-order valence-electron chi connectivity index (χ4n) is 2.57. The zero-order valence-electron chi connectivity index (χ0n) is 17.4. The van der Waals surface area contributed by atoms with Crippen LogP contribution in [0.5, 0.6) is 17.2 Å². The van der Waals surface area contributed by atoms with E-state index in [-0.39, 0.29) is 12.5 Å². The van der Waals surface area contributed by atoms with Crippen LogP contribution in [0, 0.1) is 5.92 Å². The minimum atomic E-state index is -0.537. The van der Waals surface area contributed by atoms with Crippen LogP contribution in [0.4, 0.5) is 0 Å². The molecule has 0 atom stereocenters. The number of nitrogens with zero attached hydrogens (tertiary/aromatic N) is 2. The molecule has 0 aliphatic carbocycles. The van der Waals surface area contributed by atoms with E-state index in [0.717, 1.165) is 5.56 Å². The lowest BCUT2D eigenvalue weighted by Gasteiger charge is -2.13. The summed E-state index contributed by atoms with van der Waals surface area (Å²) in [5.41, 5.74) is 1.06. The molecule has 0 radical (unpaired) electrons. The van der Waals surface area contributed by atoms with Crippen LogP contribution in [0.1, 0.15) is 30.1 Å². The first-order valence-corrected chi connectivity index (χ1v) is 9.45. The molecule has 0 bridgehead atoms. The summed E-state index contributed by atoms with van der Waals surface area (Å²) in [4.78, 5) is 16.7. The maximum Gasteiger partial charge on any atom is 0.338 e. The maximum atomic E-state index is 12.4. The predicted octanol–water partition coefficient (Wildman–Crippen LogP) is 4.15. The number of benzene rings is 2. The molecule has 8 heteroatoms. The van der Waals surface area contributed by atoms with E-state index >= 15 is 0 Å². The van der Waals surface area contributed by atoms with Gasteiger partial charge in [0.2, 0.25) is 5.82 Å². The minimum Gasteiger partial charge on any atom is -0.497 e. The van der Waals surface area contributed by atoms with E-state index in [4.69, 9.17) is 23.5 Å². The van der Waals surface area contributed by atoms with Crippen molar-refractivity contribution < 1.29 is 28.3 Å². The number of rotatable bonds is 9. The van der Waals surface area contributed by atoms with Crippen LogP contribution in [0.3, 0.4) is 0 Å². The van der Waals surface area contributed by atoms with Gasteiger partial charge in [0.1, 0.15) is 5.75 Å². The van der Waals surface area contributed by atoms with Crippen LogP contribution in [0.15, 0.2) is 47.0 Å². The van der Waals surface area contributed by atoms with Crippen LogP contribution >= 0.6 is 0 Å². The van der Waals surface area contributed by atoms with Gasteiger partial charge in [-0.3, -0.25) is 0 Å². The molecule has 0 saturated heterocycles. The summed E-state index contributed by atoms with van der Waals surface area (Å²) < 4.78 is 26.7. The normalized spacial score (nSPS) is 10.7. The standard InChI is InChI=1S/C22H24N2O6/c1-14(2)12-28-18-9-8-16(11-19(18)27-4)22(25)29-13-20-23-21(24-30-20)15-6-5-7-17(10-15)26-3/h5-11,14H,12-13H2,1-4H3. The van der Waals surface area contributed by atoms with Gasteiger partial charge in [-0.1, -0.05) is 31.1 Å². The van der Waals surface area contributed by atoms with Gasteiger partial charge in [-0.15, -0.1) is 0 Å². The summed E-state index contributed by atoms with van der Waals surface area (Å²) in [6.07, 6.45) is 0. The second kappa shape index (κ2) is 9.78. The fraction of sp³-hybridized carbons (Fsp3) is 0.318. The maximum absolute atomic E-state index is 12.4. The number of esters is 1. The van der Waals surface area contributed by atoms with Crippen molar-refractivity contribution in [1.82, 2.24) is 10.1 Å². The average molecular weight is 412 g/mol. The van der Waals surface area contributed by atoms with E-state index in [0.29, 0.717) is 41.2 Å². The van der Waals surface area contributed by atoms with E-state index in [1.165, 1.54) is 7.11 Å². The Morgan fingerprint density at radius 1 is 1.07 bits per heavy atom. The van der Waals surface area contributed by atoms with Crippen molar-refractivity contribution in [2.75, 3.05) is 20.8 Å². The molecule has 0 amide bonds. The topological polar surface area (TPSA) is 92.9 Å². The molecule has 8 nitrogen and oxygen atoms in total. The molecule has 1 heterocycles. The molecule has 3 rings (SSSR count). The van der Waals surface area contributed by atoms with Gasteiger partial charge < -0.3 is 23.5 Å². The molecule has 0 saturated carbocycles. The van der Waals surface area contributed by atoms with Crippen LogP contribution in [-0.4, -0.2) is 36.9 Å². The molecule has 30 heavy (non-hydrogen) atoms. The van der Waals surface area contributed by atoms with Gasteiger partial charge in [0.05, 0.1) is 26.4 Å². The van der Waals surface area contributed by atoms with Crippen molar-refractivity contribution in [2.24, 2.45) is 5.92 Å². The highest BCUT2D eigenvalue weighted by Crippen LogP contribution is 2.29. The molecule has 0 unspecified atom stereocenters. The van der Waals surface area contributed by atoms with Gasteiger partial charge in [0, 0.05) is 5.56 Å². The number of carbonyl (C=O) groups excluding carboxylic acids is 1. The van der Waals surface area contributed by atoms with Gasteiger partial charge in [-0.05, 0) is 36.2 Å². The monoisotopic (exact) mass is 412 g/mol. The highest BCUT2D eigenvalue weighted by molar-refractivity contribution is 5.90. The average Bonchev–Trinajstić information content (AvgIpc) is 3.25. The number of hydrogen-bond donors (Lipinski definition) is 0. The Morgan fingerprint density at radius 3 is 2.63 bits per heavy atom. The van der Waals surface area contributed by atoms with Crippen LogP contribution < -0.4 is 14.2 Å². The SMILES string of the molecule is COc1cccc(-c2noc(COC(=O)c3ccc(OCC(C)C)c(OC)c3)n2)c1. The Hall–Kier alpha value is -3.55. The second-order valence-electron chi connectivity index (χ2n) is 6.89. The van der Waals surface area contributed by atoms with Crippen LogP contribution in [-0.2, 0) is 11.3 Å². The fourth-order valence-corrected chi connectivity index (χ4v) is 2.57. The molecule has 0 N–H and O–H groups in total. The molecule has 2 aromatic carbocycles. The van der Waals surface area contributed by atoms with E-state index in [9.17, 15) is 4.79 Å². The summed E-state index contributed by atoms with van der Waals surface area (Å²) in [5.74, 6) is 2.12.